The Bertz CT molecular complexity index is 135. The molecule has 8 heavy (non-hydrogen) atoms. The molecule has 0 bridgehead atoms. The minimum absolute atomic E-state index is 0.843. The molecule has 1 heterocycles. The monoisotopic (exact) mass is 110 g/mol. The van der Waals surface area contributed by atoms with Crippen LogP contribution in [0.3, 0.4) is 0 Å². The lowest BCUT2D eigenvalue weighted by atomic mass is 10.4. The fraction of sp³-hybridized carbons (Fsp3) is 0.500. The van der Waals surface area contributed by atoms with E-state index in [-0.39, 0.29) is 0 Å². The van der Waals surface area contributed by atoms with Crippen LogP contribution in [0.4, 0.5) is 0 Å². The Morgan fingerprint density at radius 3 is 2.88 bits per heavy atom. The fourth-order valence-electron chi connectivity index (χ4n) is 0.589. The van der Waals surface area contributed by atoms with Crippen LogP contribution < -0.4 is 0 Å². The lowest BCUT2D eigenvalue weighted by Crippen LogP contribution is -2.16. The summed E-state index contributed by atoms with van der Waals surface area (Å²) in [5, 5.41) is 0. The van der Waals surface area contributed by atoms with Gasteiger partial charge in [-0.1, -0.05) is 0 Å². The zero-order valence-corrected chi connectivity index (χ0v) is 5.26. The van der Waals surface area contributed by atoms with Crippen LogP contribution in [0.15, 0.2) is 16.8 Å². The Kier molecular flexibility index (Phi) is 1.33. The first-order valence-electron chi connectivity index (χ1n) is 2.70. The summed E-state index contributed by atoms with van der Waals surface area (Å²) in [6.45, 7) is 2.92. The summed E-state index contributed by atoms with van der Waals surface area (Å²) in [5.41, 5.74) is 1.28. The van der Waals surface area contributed by atoms with E-state index in [9.17, 15) is 0 Å². The molecule has 1 aliphatic heterocycles. The fourth-order valence-corrected chi connectivity index (χ4v) is 0.589. The summed E-state index contributed by atoms with van der Waals surface area (Å²) in [5.74, 6) is 0. The van der Waals surface area contributed by atoms with Gasteiger partial charge >= 0.3 is 0 Å². The molecule has 0 saturated carbocycles. The van der Waals surface area contributed by atoms with E-state index in [2.05, 4.69) is 18.0 Å². The molecule has 0 fully saturated rings. The van der Waals surface area contributed by atoms with Crippen molar-refractivity contribution in [2.45, 2.75) is 6.92 Å². The van der Waals surface area contributed by atoms with E-state index >= 15 is 0 Å². The molecule has 2 heteroatoms. The molecule has 0 amide bonds. The standard InChI is InChI=1S/C6H10N2/c1-6-3-4-7-5-8(6)2/h3,5H,4H2,1-2H3. The number of hydrogen-bond donors (Lipinski definition) is 0. The molecule has 2 nitrogen and oxygen atoms in total. The molecule has 0 saturated heterocycles. The Labute approximate surface area is 49.5 Å². The average Bonchev–Trinajstić information content (AvgIpc) is 1.77. The highest BCUT2D eigenvalue weighted by Crippen LogP contribution is 2.00. The second-order valence-corrected chi connectivity index (χ2v) is 1.94. The van der Waals surface area contributed by atoms with Gasteiger partial charge in [0, 0.05) is 12.7 Å². The predicted octanol–water partition coefficient (Wildman–Crippen LogP) is 0.864. The third-order valence-corrected chi connectivity index (χ3v) is 1.30. The highest BCUT2D eigenvalue weighted by Gasteiger charge is 1.96. The van der Waals surface area contributed by atoms with E-state index in [4.69, 9.17) is 0 Å². The van der Waals surface area contributed by atoms with Gasteiger partial charge in [-0.3, -0.25) is 4.99 Å². The van der Waals surface area contributed by atoms with Crippen molar-refractivity contribution in [3.05, 3.63) is 11.8 Å². The molecule has 0 spiro atoms. The van der Waals surface area contributed by atoms with Crippen molar-refractivity contribution >= 4 is 6.34 Å². The number of aliphatic imine (C=N–C) groups is 1. The van der Waals surface area contributed by atoms with Gasteiger partial charge in [0.15, 0.2) is 0 Å². The first kappa shape index (κ1) is 5.35. The van der Waals surface area contributed by atoms with E-state index in [1.54, 1.807) is 0 Å². The smallest absolute Gasteiger partial charge is 0.0892 e. The molecule has 0 aliphatic carbocycles. The van der Waals surface area contributed by atoms with E-state index in [0.29, 0.717) is 0 Å². The van der Waals surface area contributed by atoms with Gasteiger partial charge in [0.2, 0.25) is 0 Å². The third-order valence-electron chi connectivity index (χ3n) is 1.30. The molecule has 1 rings (SSSR count). The molecule has 0 radical (unpaired) electrons. The summed E-state index contributed by atoms with van der Waals surface area (Å²) in [6.07, 6.45) is 3.94. The largest absolute Gasteiger partial charge is 0.340 e. The molecule has 1 aliphatic rings. The van der Waals surface area contributed by atoms with Crippen LogP contribution in [0.25, 0.3) is 0 Å². The van der Waals surface area contributed by atoms with Crippen LogP contribution in [-0.2, 0) is 0 Å². The molecular weight excluding hydrogens is 100 g/mol. The maximum Gasteiger partial charge on any atom is 0.0892 e. The molecule has 0 unspecified atom stereocenters. The van der Waals surface area contributed by atoms with Gasteiger partial charge in [0.1, 0.15) is 0 Å². The van der Waals surface area contributed by atoms with Crippen LogP contribution >= 0.6 is 0 Å². The summed E-state index contributed by atoms with van der Waals surface area (Å²) < 4.78 is 0. The molecule has 44 valence electrons. The lowest BCUT2D eigenvalue weighted by Gasteiger charge is -2.15. The maximum atomic E-state index is 4.03. The first-order valence-corrected chi connectivity index (χ1v) is 2.70. The molecular formula is C6H10N2. The van der Waals surface area contributed by atoms with Crippen LogP contribution in [0, 0.1) is 0 Å². The van der Waals surface area contributed by atoms with Crippen molar-refractivity contribution in [2.75, 3.05) is 13.6 Å². The van der Waals surface area contributed by atoms with Gasteiger partial charge in [-0.05, 0) is 13.0 Å². The normalized spacial score (nSPS) is 18.8. The predicted molar refractivity (Wildman–Crippen MR) is 34.9 cm³/mol. The highest BCUT2D eigenvalue weighted by atomic mass is 15.1. The Balaban J connectivity index is 2.63. The lowest BCUT2D eigenvalue weighted by molar-refractivity contribution is 0.629. The van der Waals surface area contributed by atoms with Gasteiger partial charge in [0.25, 0.3) is 0 Å². The van der Waals surface area contributed by atoms with Gasteiger partial charge < -0.3 is 4.90 Å². The minimum atomic E-state index is 0.843. The van der Waals surface area contributed by atoms with Crippen molar-refractivity contribution in [3.8, 4) is 0 Å². The van der Waals surface area contributed by atoms with E-state index in [0.717, 1.165) is 6.54 Å². The molecule has 0 aromatic rings. The molecule has 0 aromatic carbocycles. The number of allylic oxidation sites excluding steroid dienone is 1. The minimum Gasteiger partial charge on any atom is -0.340 e. The van der Waals surface area contributed by atoms with Crippen molar-refractivity contribution < 1.29 is 0 Å². The Hall–Kier alpha value is -0.790. The van der Waals surface area contributed by atoms with Gasteiger partial charge in [-0.2, -0.15) is 0 Å². The summed E-state index contributed by atoms with van der Waals surface area (Å²) in [4.78, 5) is 6.04. The van der Waals surface area contributed by atoms with E-state index in [1.807, 2.05) is 18.3 Å². The number of nitrogens with zero attached hydrogens (tertiary/aromatic N) is 2. The van der Waals surface area contributed by atoms with Gasteiger partial charge in [-0.15, -0.1) is 0 Å². The van der Waals surface area contributed by atoms with Gasteiger partial charge in [0.05, 0.1) is 12.9 Å². The van der Waals surface area contributed by atoms with Crippen LogP contribution in [0.1, 0.15) is 6.92 Å². The number of hydrogen-bond acceptors (Lipinski definition) is 2. The number of rotatable bonds is 0. The van der Waals surface area contributed by atoms with Crippen LogP contribution in [-0.4, -0.2) is 24.8 Å². The van der Waals surface area contributed by atoms with Crippen molar-refractivity contribution in [2.24, 2.45) is 4.99 Å². The van der Waals surface area contributed by atoms with Crippen molar-refractivity contribution in [3.63, 3.8) is 0 Å². The molecule has 0 N–H and O–H groups in total. The third kappa shape index (κ3) is 0.886. The summed E-state index contributed by atoms with van der Waals surface area (Å²) in [7, 11) is 1.99. The average molecular weight is 110 g/mol. The quantitative estimate of drug-likeness (QED) is 0.451. The maximum absolute atomic E-state index is 4.03. The molecule has 0 aromatic heterocycles. The molecule has 0 atom stereocenters. The first-order chi connectivity index (χ1) is 3.80. The van der Waals surface area contributed by atoms with E-state index < -0.39 is 0 Å². The van der Waals surface area contributed by atoms with Gasteiger partial charge in [-0.25, -0.2) is 0 Å². The van der Waals surface area contributed by atoms with E-state index in [1.165, 1.54) is 5.70 Å². The Morgan fingerprint density at radius 2 is 2.50 bits per heavy atom. The zero-order valence-electron chi connectivity index (χ0n) is 5.26. The second-order valence-electron chi connectivity index (χ2n) is 1.94. The topological polar surface area (TPSA) is 15.6 Å². The van der Waals surface area contributed by atoms with Crippen molar-refractivity contribution in [1.82, 2.24) is 4.90 Å². The van der Waals surface area contributed by atoms with Crippen molar-refractivity contribution in [1.29, 1.82) is 0 Å². The summed E-state index contributed by atoms with van der Waals surface area (Å²) in [6, 6.07) is 0. The Morgan fingerprint density at radius 1 is 1.75 bits per heavy atom. The second kappa shape index (κ2) is 1.99. The van der Waals surface area contributed by atoms with Crippen LogP contribution in [0.5, 0.6) is 0 Å². The highest BCUT2D eigenvalue weighted by molar-refractivity contribution is 5.58. The van der Waals surface area contributed by atoms with Crippen LogP contribution in [0.2, 0.25) is 0 Å². The summed E-state index contributed by atoms with van der Waals surface area (Å²) >= 11 is 0. The zero-order chi connectivity index (χ0) is 5.98. The SMILES string of the molecule is CC1=CCN=CN1C.